The lowest BCUT2D eigenvalue weighted by Gasteiger charge is -2.31. The van der Waals surface area contributed by atoms with Crippen molar-refractivity contribution in [2.24, 2.45) is 0 Å². The maximum atomic E-state index is 12.1. The molecule has 0 bridgehead atoms. The minimum atomic E-state index is -0.968. The summed E-state index contributed by atoms with van der Waals surface area (Å²) in [5, 5.41) is 15.8. The summed E-state index contributed by atoms with van der Waals surface area (Å²) < 4.78 is 1.28. The van der Waals surface area contributed by atoms with Gasteiger partial charge in [-0.3, -0.25) is 9.48 Å². The average Bonchev–Trinajstić information content (AvgIpc) is 2.85. The number of anilines is 1. The quantitative estimate of drug-likeness (QED) is 0.875. The van der Waals surface area contributed by atoms with Crippen molar-refractivity contribution in [2.75, 3.05) is 24.2 Å². The van der Waals surface area contributed by atoms with Crippen molar-refractivity contribution >= 4 is 29.4 Å². The summed E-state index contributed by atoms with van der Waals surface area (Å²) in [6.45, 7) is 3.38. The smallest absolute Gasteiger partial charge is 0.325 e. The summed E-state index contributed by atoms with van der Waals surface area (Å²) in [6.07, 6.45) is 4.02. The molecule has 1 saturated heterocycles. The van der Waals surface area contributed by atoms with Crippen molar-refractivity contribution in [1.82, 2.24) is 14.7 Å². The highest BCUT2D eigenvalue weighted by atomic mass is 32.2. The first kappa shape index (κ1) is 14.7. The van der Waals surface area contributed by atoms with Gasteiger partial charge in [-0.05, 0) is 6.42 Å². The van der Waals surface area contributed by atoms with E-state index in [1.165, 1.54) is 17.1 Å². The molecular weight excluding hydrogens is 280 g/mol. The summed E-state index contributed by atoms with van der Waals surface area (Å²) in [4.78, 5) is 24.5. The maximum Gasteiger partial charge on any atom is 0.325 e. The number of aromatic nitrogens is 2. The van der Waals surface area contributed by atoms with Gasteiger partial charge in [0.15, 0.2) is 0 Å². The van der Waals surface area contributed by atoms with Crippen LogP contribution in [0.1, 0.15) is 13.3 Å². The van der Waals surface area contributed by atoms with Gasteiger partial charge in [0.25, 0.3) is 0 Å². The minimum Gasteiger partial charge on any atom is -0.480 e. The summed E-state index contributed by atoms with van der Waals surface area (Å²) in [5.74, 6) is -0.0191. The lowest BCUT2D eigenvalue weighted by atomic mass is 10.3. The molecule has 7 nitrogen and oxygen atoms in total. The van der Waals surface area contributed by atoms with Crippen LogP contribution in [0.4, 0.5) is 10.5 Å². The first-order valence-corrected chi connectivity index (χ1v) is 7.55. The Morgan fingerprint density at radius 3 is 3.10 bits per heavy atom. The van der Waals surface area contributed by atoms with Gasteiger partial charge in [0.05, 0.1) is 11.9 Å². The van der Waals surface area contributed by atoms with Gasteiger partial charge < -0.3 is 15.3 Å². The molecule has 2 rings (SSSR count). The third-order valence-electron chi connectivity index (χ3n) is 3.06. The Bertz CT molecular complexity index is 491. The Hall–Kier alpha value is -1.70. The van der Waals surface area contributed by atoms with Gasteiger partial charge in [-0.2, -0.15) is 16.9 Å². The fourth-order valence-electron chi connectivity index (χ4n) is 2.01. The number of nitrogens with one attached hydrogen (secondary N) is 1. The van der Waals surface area contributed by atoms with Gasteiger partial charge in [0.1, 0.15) is 6.54 Å². The first-order valence-electron chi connectivity index (χ1n) is 6.50. The van der Waals surface area contributed by atoms with Gasteiger partial charge in [0, 0.05) is 30.3 Å². The van der Waals surface area contributed by atoms with Gasteiger partial charge in [-0.1, -0.05) is 6.92 Å². The molecule has 0 radical (unpaired) electrons. The number of carbonyl (C=O) groups excluding carboxylic acids is 1. The van der Waals surface area contributed by atoms with Crippen molar-refractivity contribution in [2.45, 2.75) is 25.1 Å². The molecule has 110 valence electrons. The van der Waals surface area contributed by atoms with Crippen LogP contribution in [0.3, 0.4) is 0 Å². The van der Waals surface area contributed by atoms with E-state index in [0.29, 0.717) is 10.9 Å². The molecule has 2 N–H and O–H groups in total. The fourth-order valence-corrected chi connectivity index (χ4v) is 3.19. The Balaban J connectivity index is 1.90. The van der Waals surface area contributed by atoms with E-state index < -0.39 is 5.97 Å². The highest BCUT2D eigenvalue weighted by Crippen LogP contribution is 2.21. The summed E-state index contributed by atoms with van der Waals surface area (Å²) in [6, 6.07) is -0.154. The van der Waals surface area contributed by atoms with Gasteiger partial charge in [0.2, 0.25) is 0 Å². The third kappa shape index (κ3) is 3.89. The lowest BCUT2D eigenvalue weighted by Crippen LogP contribution is -2.43. The Labute approximate surface area is 121 Å². The number of aliphatic carboxylic acids is 1. The zero-order valence-corrected chi connectivity index (χ0v) is 12.1. The van der Waals surface area contributed by atoms with Crippen LogP contribution < -0.4 is 5.32 Å². The standard InChI is InChI=1S/C12H18N4O3S/c1-2-10-7-15(3-4-20-10)12(19)14-9-5-13-16(6-9)8-11(17)18/h5-6,10H,2-4,7-8H2,1H3,(H,14,19)(H,17,18). The number of carbonyl (C=O) groups is 2. The second-order valence-corrected chi connectivity index (χ2v) is 6.01. The van der Waals surface area contributed by atoms with Crippen LogP contribution in [-0.2, 0) is 11.3 Å². The maximum absolute atomic E-state index is 12.1. The van der Waals surface area contributed by atoms with E-state index in [-0.39, 0.29) is 12.6 Å². The van der Waals surface area contributed by atoms with Crippen molar-refractivity contribution < 1.29 is 14.7 Å². The van der Waals surface area contributed by atoms with Crippen LogP contribution in [0.25, 0.3) is 0 Å². The van der Waals surface area contributed by atoms with E-state index in [0.717, 1.165) is 25.3 Å². The molecule has 0 aromatic carbocycles. The molecule has 2 amide bonds. The summed E-state index contributed by atoms with van der Waals surface area (Å²) >= 11 is 1.90. The number of hydrogen-bond donors (Lipinski definition) is 2. The van der Waals surface area contributed by atoms with E-state index >= 15 is 0 Å². The predicted molar refractivity (Wildman–Crippen MR) is 77.0 cm³/mol. The van der Waals surface area contributed by atoms with Gasteiger partial charge in [-0.15, -0.1) is 0 Å². The molecule has 1 unspecified atom stereocenters. The zero-order valence-electron chi connectivity index (χ0n) is 11.3. The van der Waals surface area contributed by atoms with Crippen LogP contribution in [0.5, 0.6) is 0 Å². The number of carboxylic acid groups (broad SMARTS) is 1. The van der Waals surface area contributed by atoms with Gasteiger partial charge in [-0.25, -0.2) is 4.79 Å². The molecule has 1 aliphatic heterocycles. The number of amides is 2. The second kappa shape index (κ2) is 6.65. The molecule has 2 heterocycles. The van der Waals surface area contributed by atoms with Crippen LogP contribution in [0, 0.1) is 0 Å². The zero-order chi connectivity index (χ0) is 14.5. The SMILES string of the molecule is CCC1CN(C(=O)Nc2cnn(CC(=O)O)c2)CCS1. The lowest BCUT2D eigenvalue weighted by molar-refractivity contribution is -0.137. The van der Waals surface area contributed by atoms with Crippen LogP contribution in [0.2, 0.25) is 0 Å². The van der Waals surface area contributed by atoms with Crippen molar-refractivity contribution in [1.29, 1.82) is 0 Å². The Kier molecular flexibility index (Phi) is 4.89. The number of nitrogens with zero attached hydrogens (tertiary/aromatic N) is 3. The topological polar surface area (TPSA) is 87.5 Å². The summed E-state index contributed by atoms with van der Waals surface area (Å²) in [7, 11) is 0. The van der Waals surface area contributed by atoms with E-state index in [9.17, 15) is 9.59 Å². The molecule has 1 atom stereocenters. The number of carboxylic acids is 1. The van der Waals surface area contributed by atoms with E-state index in [1.807, 2.05) is 11.8 Å². The van der Waals surface area contributed by atoms with E-state index in [4.69, 9.17) is 5.11 Å². The minimum absolute atomic E-state index is 0.154. The molecule has 20 heavy (non-hydrogen) atoms. The molecule has 1 fully saturated rings. The second-order valence-electron chi connectivity index (χ2n) is 4.60. The highest BCUT2D eigenvalue weighted by molar-refractivity contribution is 8.00. The van der Waals surface area contributed by atoms with Crippen LogP contribution >= 0.6 is 11.8 Å². The van der Waals surface area contributed by atoms with Gasteiger partial charge >= 0.3 is 12.0 Å². The van der Waals surface area contributed by atoms with Crippen LogP contribution in [-0.4, -0.2) is 55.9 Å². The molecule has 1 aliphatic rings. The Morgan fingerprint density at radius 1 is 1.60 bits per heavy atom. The number of thioether (sulfide) groups is 1. The number of urea groups is 1. The first-order chi connectivity index (χ1) is 9.58. The molecule has 0 spiro atoms. The molecular formula is C12H18N4O3S. The van der Waals surface area contributed by atoms with Crippen LogP contribution in [0.15, 0.2) is 12.4 Å². The average molecular weight is 298 g/mol. The monoisotopic (exact) mass is 298 g/mol. The Morgan fingerprint density at radius 2 is 2.40 bits per heavy atom. The third-order valence-corrected chi connectivity index (χ3v) is 4.44. The number of hydrogen-bond acceptors (Lipinski definition) is 4. The van der Waals surface area contributed by atoms with Crippen molar-refractivity contribution in [3.05, 3.63) is 12.4 Å². The molecule has 8 heteroatoms. The summed E-state index contributed by atoms with van der Waals surface area (Å²) in [5.41, 5.74) is 0.516. The van der Waals surface area contributed by atoms with Crippen molar-refractivity contribution in [3.8, 4) is 0 Å². The largest absolute Gasteiger partial charge is 0.480 e. The normalized spacial score (nSPS) is 18.9. The fraction of sp³-hybridized carbons (Fsp3) is 0.583. The molecule has 1 aromatic rings. The number of rotatable bonds is 4. The van der Waals surface area contributed by atoms with Crippen molar-refractivity contribution in [3.63, 3.8) is 0 Å². The van der Waals surface area contributed by atoms with E-state index in [1.54, 1.807) is 4.90 Å². The van der Waals surface area contributed by atoms with E-state index in [2.05, 4.69) is 17.3 Å². The predicted octanol–water partition coefficient (Wildman–Crippen LogP) is 1.33. The molecule has 0 saturated carbocycles. The highest BCUT2D eigenvalue weighted by Gasteiger charge is 2.23. The molecule has 0 aliphatic carbocycles. The molecule has 1 aromatic heterocycles.